The Balaban J connectivity index is -0.0000000404. The van der Waals surface area contributed by atoms with Crippen molar-refractivity contribution < 1.29 is 25.5 Å². The molecule has 0 radical (unpaired) electrons. The van der Waals surface area contributed by atoms with Crippen molar-refractivity contribution in [2.75, 3.05) is 26.9 Å². The summed E-state index contributed by atoms with van der Waals surface area (Å²) in [5.41, 5.74) is 0. The van der Waals surface area contributed by atoms with Gasteiger partial charge < -0.3 is 25.5 Å². The highest BCUT2D eigenvalue weighted by molar-refractivity contribution is 4.23. The first-order valence-electron chi connectivity index (χ1n) is 6.43. The zero-order valence-corrected chi connectivity index (χ0v) is 13.1. The summed E-state index contributed by atoms with van der Waals surface area (Å²) in [6.07, 6.45) is 2.75. The fourth-order valence-electron chi connectivity index (χ4n) is 0.158. The molecule has 5 N–H and O–H groups in total. The van der Waals surface area contributed by atoms with E-state index in [-0.39, 0.29) is 12.7 Å². The fraction of sp³-hybridized carbons (Fsp3) is 1.00. The van der Waals surface area contributed by atoms with E-state index in [0.29, 0.717) is 13.2 Å². The van der Waals surface area contributed by atoms with Crippen LogP contribution < -0.4 is 0 Å². The van der Waals surface area contributed by atoms with Crippen molar-refractivity contribution in [2.24, 2.45) is 0 Å². The summed E-state index contributed by atoms with van der Waals surface area (Å²) in [5.74, 6) is 0. The second kappa shape index (κ2) is 54.2. The highest BCUT2D eigenvalue weighted by Gasteiger charge is 1.69. The molecule has 0 aliphatic carbocycles. The van der Waals surface area contributed by atoms with Gasteiger partial charge in [-0.1, -0.05) is 20.3 Å². The van der Waals surface area contributed by atoms with E-state index in [0.717, 1.165) is 26.4 Å². The molecule has 0 saturated carbocycles. The number of aliphatic hydroxyl groups is 5. The Bertz CT molecular complexity index is 63.6. The van der Waals surface area contributed by atoms with Gasteiger partial charge in [0.15, 0.2) is 0 Å². The molecular weight excluding hydrogens is 236 g/mol. The molecule has 0 aliphatic heterocycles. The Labute approximate surface area is 113 Å². The van der Waals surface area contributed by atoms with Crippen LogP contribution in [0.5, 0.6) is 0 Å². The summed E-state index contributed by atoms with van der Waals surface area (Å²) in [5, 5.41) is 38.6. The van der Waals surface area contributed by atoms with E-state index >= 15 is 0 Å². The second-order valence-electron chi connectivity index (χ2n) is 3.21. The topological polar surface area (TPSA) is 101 Å². The van der Waals surface area contributed by atoms with E-state index in [1.807, 2.05) is 6.92 Å². The first-order valence-corrected chi connectivity index (χ1v) is 6.43. The lowest BCUT2D eigenvalue weighted by Gasteiger charge is -1.80. The molecule has 118 valence electrons. The van der Waals surface area contributed by atoms with Gasteiger partial charge in [-0.25, -0.2) is 0 Å². The molecule has 0 spiro atoms. The summed E-state index contributed by atoms with van der Waals surface area (Å²) >= 11 is 0. The minimum Gasteiger partial charge on any atom is -0.400 e. The molecule has 0 bridgehead atoms. The molecule has 0 aromatic carbocycles. The molecular formula is C13H36O5. The van der Waals surface area contributed by atoms with Crippen molar-refractivity contribution in [3.8, 4) is 0 Å². The Morgan fingerprint density at radius 3 is 1.00 bits per heavy atom. The Kier molecular flexibility index (Phi) is 92.3. The first-order chi connectivity index (χ1) is 8.47. The third-order valence-corrected chi connectivity index (χ3v) is 0.735. The van der Waals surface area contributed by atoms with Gasteiger partial charge in [0.25, 0.3) is 0 Å². The molecule has 0 atom stereocenters. The predicted octanol–water partition coefficient (Wildman–Crippen LogP) is 1.16. The summed E-state index contributed by atoms with van der Waals surface area (Å²) in [7, 11) is 1.00. The highest BCUT2D eigenvalue weighted by atomic mass is 16.3. The standard InChI is InChI=1S/C4H10O.2C3H8O.C2H6O.CH4O/c1-2-3-4-5;1-3(2)4;1-2-3-4;1-2-3;1-2/h5H,2-4H2,1H3;3-4H,1-2H3;4H,2-3H2,1H3;3H,2H2,1H3;2H,1H3. The van der Waals surface area contributed by atoms with Crippen molar-refractivity contribution in [3.05, 3.63) is 0 Å². The van der Waals surface area contributed by atoms with Crippen molar-refractivity contribution >= 4 is 0 Å². The van der Waals surface area contributed by atoms with Crippen LogP contribution in [0.25, 0.3) is 0 Å². The molecule has 0 rings (SSSR count). The van der Waals surface area contributed by atoms with E-state index in [1.165, 1.54) is 0 Å². The van der Waals surface area contributed by atoms with E-state index in [9.17, 15) is 0 Å². The summed E-state index contributed by atoms with van der Waals surface area (Å²) < 4.78 is 0. The van der Waals surface area contributed by atoms with Crippen LogP contribution in [0.15, 0.2) is 0 Å². The molecule has 5 heteroatoms. The van der Waals surface area contributed by atoms with Crippen LogP contribution >= 0.6 is 0 Å². The van der Waals surface area contributed by atoms with Crippen LogP contribution in [0.2, 0.25) is 0 Å². The lowest BCUT2D eigenvalue weighted by molar-refractivity contribution is 0.216. The zero-order valence-electron chi connectivity index (χ0n) is 13.1. The van der Waals surface area contributed by atoms with Crippen molar-refractivity contribution in [1.82, 2.24) is 0 Å². The summed E-state index contributed by atoms with van der Waals surface area (Å²) in [4.78, 5) is 0. The number of hydrogen-bond acceptors (Lipinski definition) is 5. The molecule has 0 saturated heterocycles. The molecule has 0 fully saturated rings. The molecule has 0 heterocycles. The molecule has 0 aromatic rings. The fourth-order valence-corrected chi connectivity index (χ4v) is 0.158. The summed E-state index contributed by atoms with van der Waals surface area (Å²) in [6, 6.07) is 0. The molecule has 0 aromatic heterocycles. The number of hydrogen-bond donors (Lipinski definition) is 5. The summed E-state index contributed by atoms with van der Waals surface area (Å²) in [6.45, 7) is 10.0. The maximum Gasteiger partial charge on any atom is 0.0483 e. The van der Waals surface area contributed by atoms with Crippen molar-refractivity contribution in [1.29, 1.82) is 0 Å². The largest absolute Gasteiger partial charge is 0.400 e. The highest BCUT2D eigenvalue weighted by Crippen LogP contribution is 1.78. The van der Waals surface area contributed by atoms with Crippen molar-refractivity contribution in [2.45, 2.75) is 60.0 Å². The normalized spacial score (nSPS) is 7.33. The lowest BCUT2D eigenvalue weighted by Crippen LogP contribution is -1.85. The minimum absolute atomic E-state index is 0.167. The quantitative estimate of drug-likeness (QED) is 0.531. The Hall–Kier alpha value is -0.200. The van der Waals surface area contributed by atoms with Crippen LogP contribution in [0.4, 0.5) is 0 Å². The molecule has 0 amide bonds. The van der Waals surface area contributed by atoms with Gasteiger partial charge >= 0.3 is 0 Å². The van der Waals surface area contributed by atoms with Crippen LogP contribution in [0.1, 0.15) is 53.9 Å². The van der Waals surface area contributed by atoms with Crippen LogP contribution in [-0.2, 0) is 0 Å². The van der Waals surface area contributed by atoms with Crippen LogP contribution in [-0.4, -0.2) is 58.6 Å². The van der Waals surface area contributed by atoms with Gasteiger partial charge in [0, 0.05) is 33.0 Å². The Morgan fingerprint density at radius 1 is 0.778 bits per heavy atom. The van der Waals surface area contributed by atoms with E-state index in [4.69, 9.17) is 25.5 Å². The monoisotopic (exact) mass is 272 g/mol. The number of aliphatic hydroxyl groups excluding tert-OH is 5. The van der Waals surface area contributed by atoms with Gasteiger partial charge in [0.1, 0.15) is 0 Å². The average molecular weight is 272 g/mol. The maximum absolute atomic E-state index is 8.07. The van der Waals surface area contributed by atoms with E-state index in [1.54, 1.807) is 20.8 Å². The SMILES string of the molecule is CC(C)O.CCCCO.CCCO.CCO.CO. The van der Waals surface area contributed by atoms with Crippen LogP contribution in [0, 0.1) is 0 Å². The molecule has 5 nitrogen and oxygen atoms in total. The predicted molar refractivity (Wildman–Crippen MR) is 77.6 cm³/mol. The molecule has 0 unspecified atom stereocenters. The van der Waals surface area contributed by atoms with E-state index in [2.05, 4.69) is 6.92 Å². The zero-order chi connectivity index (χ0) is 15.8. The average Bonchev–Trinajstić information content (AvgIpc) is 2.33. The van der Waals surface area contributed by atoms with Gasteiger partial charge in [-0.3, -0.25) is 0 Å². The third kappa shape index (κ3) is 441. The lowest BCUT2D eigenvalue weighted by atomic mass is 10.4. The Morgan fingerprint density at radius 2 is 1.00 bits per heavy atom. The number of unbranched alkanes of at least 4 members (excludes halogenated alkanes) is 1. The molecule has 0 aliphatic rings. The van der Waals surface area contributed by atoms with E-state index < -0.39 is 0 Å². The maximum atomic E-state index is 8.07. The van der Waals surface area contributed by atoms with Gasteiger partial charge in [-0.2, -0.15) is 0 Å². The van der Waals surface area contributed by atoms with Crippen LogP contribution in [0.3, 0.4) is 0 Å². The van der Waals surface area contributed by atoms with Crippen molar-refractivity contribution in [3.63, 3.8) is 0 Å². The third-order valence-electron chi connectivity index (χ3n) is 0.735. The first kappa shape index (κ1) is 30.7. The smallest absolute Gasteiger partial charge is 0.0483 e. The van der Waals surface area contributed by atoms with Gasteiger partial charge in [-0.05, 0) is 33.6 Å². The van der Waals surface area contributed by atoms with Gasteiger partial charge in [0.05, 0.1) is 0 Å². The minimum atomic E-state index is -0.167. The molecule has 18 heavy (non-hydrogen) atoms. The second-order valence-corrected chi connectivity index (χ2v) is 3.21. The number of rotatable bonds is 3. The van der Waals surface area contributed by atoms with Gasteiger partial charge in [0.2, 0.25) is 0 Å². The van der Waals surface area contributed by atoms with Gasteiger partial charge in [-0.15, -0.1) is 0 Å².